The third-order valence-electron chi connectivity index (χ3n) is 4.53. The van der Waals surface area contributed by atoms with E-state index in [-0.39, 0.29) is 5.91 Å². The maximum atomic E-state index is 12.6. The van der Waals surface area contributed by atoms with E-state index in [2.05, 4.69) is 40.5 Å². The number of amides is 1. The normalized spacial score (nSPS) is 10.7. The summed E-state index contributed by atoms with van der Waals surface area (Å²) in [6, 6.07) is 17.3. The van der Waals surface area contributed by atoms with E-state index < -0.39 is 0 Å². The van der Waals surface area contributed by atoms with E-state index in [1.54, 1.807) is 13.2 Å². The maximum absolute atomic E-state index is 12.6. The Hall–Kier alpha value is -3.41. The van der Waals surface area contributed by atoms with Crippen molar-refractivity contribution in [1.29, 1.82) is 0 Å². The van der Waals surface area contributed by atoms with Crippen LogP contribution in [0, 0.1) is 6.92 Å². The first-order valence-electron chi connectivity index (χ1n) is 9.59. The molecule has 0 fully saturated rings. The number of aryl methyl sites for hydroxylation is 1. The summed E-state index contributed by atoms with van der Waals surface area (Å²) in [4.78, 5) is 21.5. The monoisotopic (exact) mass is 390 g/mol. The molecule has 0 saturated carbocycles. The van der Waals surface area contributed by atoms with Crippen molar-refractivity contribution >= 4 is 17.5 Å². The summed E-state index contributed by atoms with van der Waals surface area (Å²) in [5.74, 6) is 1.30. The van der Waals surface area contributed by atoms with Gasteiger partial charge in [0.2, 0.25) is 5.95 Å². The second-order valence-electron chi connectivity index (χ2n) is 7.12. The van der Waals surface area contributed by atoms with Crippen LogP contribution in [0.5, 0.6) is 5.75 Å². The van der Waals surface area contributed by atoms with Gasteiger partial charge in [-0.2, -0.15) is 0 Å². The van der Waals surface area contributed by atoms with Crippen LogP contribution >= 0.6 is 0 Å². The zero-order valence-corrected chi connectivity index (χ0v) is 17.2. The Kier molecular flexibility index (Phi) is 6.44. The highest BCUT2D eigenvalue weighted by Gasteiger charge is 2.12. The summed E-state index contributed by atoms with van der Waals surface area (Å²) in [5.41, 5.74) is 4.14. The molecule has 3 aromatic rings. The Morgan fingerprint density at radius 2 is 1.79 bits per heavy atom. The lowest BCUT2D eigenvalue weighted by molar-refractivity contribution is 0.0945. The smallest absolute Gasteiger partial charge is 0.270 e. The van der Waals surface area contributed by atoms with Gasteiger partial charge in [-0.25, -0.2) is 9.97 Å². The van der Waals surface area contributed by atoms with E-state index in [9.17, 15) is 4.79 Å². The second-order valence-corrected chi connectivity index (χ2v) is 7.12. The molecule has 2 N–H and O–H groups in total. The zero-order chi connectivity index (χ0) is 20.8. The van der Waals surface area contributed by atoms with Crippen molar-refractivity contribution in [3.8, 4) is 5.75 Å². The molecule has 0 unspecified atom stereocenters. The summed E-state index contributed by atoms with van der Waals surface area (Å²) in [6.07, 6.45) is 0. The average molecular weight is 390 g/mol. The number of carbonyl (C=O) groups excluding carboxylic acids is 1. The fraction of sp³-hybridized carbons (Fsp3) is 0.261. The molecular formula is C23H26N4O2. The maximum Gasteiger partial charge on any atom is 0.270 e. The first kappa shape index (κ1) is 20.3. The van der Waals surface area contributed by atoms with Crippen LogP contribution in [0.2, 0.25) is 0 Å². The van der Waals surface area contributed by atoms with Gasteiger partial charge >= 0.3 is 0 Å². The molecule has 0 radical (unpaired) electrons. The van der Waals surface area contributed by atoms with Crippen LogP contribution in [-0.4, -0.2) is 23.0 Å². The summed E-state index contributed by atoms with van der Waals surface area (Å²) in [6.45, 7) is 6.53. The fourth-order valence-corrected chi connectivity index (χ4v) is 2.99. The largest absolute Gasteiger partial charge is 0.497 e. The lowest BCUT2D eigenvalue weighted by Crippen LogP contribution is -2.24. The molecule has 1 aromatic heterocycles. The molecule has 1 heterocycles. The number of nitrogens with one attached hydrogen (secondary N) is 2. The highest BCUT2D eigenvalue weighted by atomic mass is 16.5. The van der Waals surface area contributed by atoms with Gasteiger partial charge in [0.1, 0.15) is 11.4 Å². The minimum atomic E-state index is -0.244. The van der Waals surface area contributed by atoms with Gasteiger partial charge in [-0.3, -0.25) is 4.79 Å². The molecule has 3 rings (SSSR count). The molecule has 0 aliphatic heterocycles. The number of methoxy groups -OCH3 is 1. The molecule has 0 saturated heterocycles. The Morgan fingerprint density at radius 3 is 2.48 bits per heavy atom. The van der Waals surface area contributed by atoms with E-state index in [0.29, 0.717) is 24.1 Å². The van der Waals surface area contributed by atoms with Crippen molar-refractivity contribution in [1.82, 2.24) is 15.3 Å². The highest BCUT2D eigenvalue weighted by molar-refractivity contribution is 5.92. The molecule has 0 aliphatic rings. The summed E-state index contributed by atoms with van der Waals surface area (Å²) in [7, 11) is 1.62. The van der Waals surface area contributed by atoms with Crippen molar-refractivity contribution in [2.24, 2.45) is 0 Å². The van der Waals surface area contributed by atoms with Gasteiger partial charge in [-0.1, -0.05) is 44.2 Å². The Labute approximate surface area is 171 Å². The van der Waals surface area contributed by atoms with Gasteiger partial charge < -0.3 is 15.4 Å². The van der Waals surface area contributed by atoms with Crippen LogP contribution in [0.1, 0.15) is 47.1 Å². The van der Waals surface area contributed by atoms with Crippen molar-refractivity contribution < 1.29 is 9.53 Å². The van der Waals surface area contributed by atoms with Gasteiger partial charge in [0.15, 0.2) is 0 Å². The van der Waals surface area contributed by atoms with Crippen molar-refractivity contribution in [3.63, 3.8) is 0 Å². The van der Waals surface area contributed by atoms with E-state index in [1.165, 1.54) is 5.56 Å². The third kappa shape index (κ3) is 5.31. The number of hydrogen-bond donors (Lipinski definition) is 2. The number of anilines is 2. The lowest BCUT2D eigenvalue weighted by atomic mass is 10.0. The quantitative estimate of drug-likeness (QED) is 0.617. The number of para-hydroxylation sites is 1. The summed E-state index contributed by atoms with van der Waals surface area (Å²) in [5, 5.41) is 6.16. The topological polar surface area (TPSA) is 76.1 Å². The van der Waals surface area contributed by atoms with Gasteiger partial charge in [0.25, 0.3) is 5.91 Å². The van der Waals surface area contributed by atoms with Crippen molar-refractivity contribution in [2.75, 3.05) is 12.4 Å². The van der Waals surface area contributed by atoms with E-state index in [4.69, 9.17) is 4.74 Å². The number of ether oxygens (including phenoxy) is 1. The van der Waals surface area contributed by atoms with Crippen molar-refractivity contribution in [2.45, 2.75) is 33.2 Å². The fourth-order valence-electron chi connectivity index (χ4n) is 2.99. The lowest BCUT2D eigenvalue weighted by Gasteiger charge is -2.14. The number of rotatable bonds is 7. The Balaban J connectivity index is 1.73. The van der Waals surface area contributed by atoms with Gasteiger partial charge in [-0.15, -0.1) is 0 Å². The predicted molar refractivity (Wildman–Crippen MR) is 115 cm³/mol. The molecule has 2 aromatic carbocycles. The van der Waals surface area contributed by atoms with Crippen LogP contribution < -0.4 is 15.4 Å². The Morgan fingerprint density at radius 1 is 1.07 bits per heavy atom. The number of carbonyl (C=O) groups is 1. The molecule has 6 heteroatoms. The predicted octanol–water partition coefficient (Wildman–Crippen LogP) is 4.59. The summed E-state index contributed by atoms with van der Waals surface area (Å²) < 4.78 is 5.15. The van der Waals surface area contributed by atoms with E-state index in [0.717, 1.165) is 22.7 Å². The molecule has 0 aliphatic carbocycles. The summed E-state index contributed by atoms with van der Waals surface area (Å²) >= 11 is 0. The van der Waals surface area contributed by atoms with Crippen LogP contribution in [0.4, 0.5) is 11.6 Å². The van der Waals surface area contributed by atoms with E-state index >= 15 is 0 Å². The third-order valence-corrected chi connectivity index (χ3v) is 4.53. The van der Waals surface area contributed by atoms with Gasteiger partial charge in [-0.05, 0) is 48.2 Å². The second kappa shape index (κ2) is 9.19. The molecule has 0 spiro atoms. The number of nitrogens with zero attached hydrogens (tertiary/aromatic N) is 2. The average Bonchev–Trinajstić information content (AvgIpc) is 2.72. The zero-order valence-electron chi connectivity index (χ0n) is 17.2. The van der Waals surface area contributed by atoms with Crippen LogP contribution in [0.25, 0.3) is 0 Å². The van der Waals surface area contributed by atoms with Crippen LogP contribution in [-0.2, 0) is 6.54 Å². The first-order valence-corrected chi connectivity index (χ1v) is 9.59. The first-order chi connectivity index (χ1) is 14.0. The molecular weight excluding hydrogens is 364 g/mol. The molecule has 0 bridgehead atoms. The number of aromatic nitrogens is 2. The number of hydrogen-bond acceptors (Lipinski definition) is 5. The highest BCUT2D eigenvalue weighted by Crippen LogP contribution is 2.25. The van der Waals surface area contributed by atoms with Gasteiger partial charge in [0, 0.05) is 17.9 Å². The Bertz CT molecular complexity index is 984. The van der Waals surface area contributed by atoms with Gasteiger partial charge in [0.05, 0.1) is 7.11 Å². The van der Waals surface area contributed by atoms with Crippen LogP contribution in [0.3, 0.4) is 0 Å². The van der Waals surface area contributed by atoms with Crippen molar-refractivity contribution in [3.05, 3.63) is 77.1 Å². The minimum Gasteiger partial charge on any atom is -0.497 e. The molecule has 150 valence electrons. The standard InChI is InChI=1S/C23H26N4O2/c1-15(2)19-7-5-6-8-20(19)26-23-25-16(3)13-21(27-23)22(28)24-14-17-9-11-18(29-4)12-10-17/h5-13,15H,14H2,1-4H3,(H,24,28)(H,25,26,27). The molecule has 6 nitrogen and oxygen atoms in total. The molecule has 29 heavy (non-hydrogen) atoms. The van der Waals surface area contributed by atoms with Crippen LogP contribution in [0.15, 0.2) is 54.6 Å². The van der Waals surface area contributed by atoms with E-state index in [1.807, 2.05) is 49.4 Å². The minimum absolute atomic E-state index is 0.244. The molecule has 1 amide bonds. The number of benzene rings is 2. The molecule has 0 atom stereocenters. The SMILES string of the molecule is COc1ccc(CNC(=O)c2cc(C)nc(Nc3ccccc3C(C)C)n2)cc1.